The first-order valence-corrected chi connectivity index (χ1v) is 8.17. The molecule has 23 heavy (non-hydrogen) atoms. The number of piperazine rings is 1. The average molecular weight is 340 g/mol. The third kappa shape index (κ3) is 5.32. The number of nitrogens with zero attached hydrogens (tertiary/aromatic N) is 2. The van der Waals surface area contributed by atoms with Gasteiger partial charge < -0.3 is 19.9 Å². The van der Waals surface area contributed by atoms with Crippen LogP contribution in [0.1, 0.15) is 13.3 Å². The fourth-order valence-corrected chi connectivity index (χ4v) is 2.52. The molecule has 126 valence electrons. The fraction of sp³-hybridized carbons (Fsp3) is 0.500. The maximum absolute atomic E-state index is 12.2. The van der Waals surface area contributed by atoms with Crippen LogP contribution in [0, 0.1) is 0 Å². The zero-order valence-electron chi connectivity index (χ0n) is 13.3. The first-order valence-electron chi connectivity index (χ1n) is 7.79. The van der Waals surface area contributed by atoms with Crippen molar-refractivity contribution in [2.75, 3.05) is 44.6 Å². The van der Waals surface area contributed by atoms with Gasteiger partial charge in [0.15, 0.2) is 0 Å². The molecule has 1 N–H and O–H groups in total. The van der Waals surface area contributed by atoms with Gasteiger partial charge in [-0.25, -0.2) is 4.79 Å². The number of amides is 2. The molecule has 0 aromatic heterocycles. The van der Waals surface area contributed by atoms with Gasteiger partial charge in [-0.2, -0.15) is 0 Å². The fourth-order valence-electron chi connectivity index (χ4n) is 2.39. The highest BCUT2D eigenvalue weighted by Crippen LogP contribution is 2.13. The molecule has 1 aliphatic rings. The lowest BCUT2D eigenvalue weighted by Gasteiger charge is -2.34. The number of nitrogens with one attached hydrogen (secondary N) is 1. The van der Waals surface area contributed by atoms with Crippen molar-refractivity contribution in [2.45, 2.75) is 13.3 Å². The lowest BCUT2D eigenvalue weighted by atomic mass is 10.2. The number of carbonyl (C=O) groups is 2. The summed E-state index contributed by atoms with van der Waals surface area (Å²) in [4.78, 5) is 27.2. The van der Waals surface area contributed by atoms with E-state index in [-0.39, 0.29) is 12.0 Å². The topological polar surface area (TPSA) is 61.9 Å². The summed E-state index contributed by atoms with van der Waals surface area (Å²) in [6.45, 7) is 4.87. The number of carbonyl (C=O) groups excluding carboxylic acids is 2. The number of anilines is 1. The number of halogens is 1. The largest absolute Gasteiger partial charge is 0.450 e. The molecule has 6 nitrogen and oxygen atoms in total. The summed E-state index contributed by atoms with van der Waals surface area (Å²) < 4.78 is 4.96. The van der Waals surface area contributed by atoms with E-state index < -0.39 is 0 Å². The van der Waals surface area contributed by atoms with Crippen molar-refractivity contribution in [1.82, 2.24) is 9.80 Å². The van der Waals surface area contributed by atoms with Gasteiger partial charge in [-0.3, -0.25) is 4.79 Å². The van der Waals surface area contributed by atoms with E-state index in [9.17, 15) is 9.59 Å². The summed E-state index contributed by atoms with van der Waals surface area (Å²) in [5.41, 5.74) is 0.939. The molecule has 0 saturated carbocycles. The van der Waals surface area contributed by atoms with Gasteiger partial charge in [-0.1, -0.05) is 11.6 Å². The molecular weight excluding hydrogens is 318 g/mol. The Balaban J connectivity index is 1.68. The van der Waals surface area contributed by atoms with Crippen LogP contribution in [0.3, 0.4) is 0 Å². The Hall–Kier alpha value is -1.95. The molecular formula is C16H22ClN3O3. The highest BCUT2D eigenvalue weighted by molar-refractivity contribution is 6.30. The Morgan fingerprint density at radius 2 is 1.74 bits per heavy atom. The smallest absolute Gasteiger partial charge is 0.409 e. The third-order valence-corrected chi connectivity index (χ3v) is 3.92. The van der Waals surface area contributed by atoms with Gasteiger partial charge in [0.25, 0.3) is 0 Å². The molecule has 1 aromatic rings. The average Bonchev–Trinajstić information content (AvgIpc) is 2.57. The normalized spacial score (nSPS) is 14.5. The van der Waals surface area contributed by atoms with Crippen LogP contribution in [0.4, 0.5) is 10.5 Å². The number of benzene rings is 1. The Labute approximate surface area is 141 Å². The second-order valence-electron chi connectivity index (χ2n) is 5.25. The minimum Gasteiger partial charge on any atom is -0.450 e. The SMILES string of the molecule is CCOC(=O)N1CCN(C(=O)CCNc2ccc(Cl)cc2)CC1. The predicted octanol–water partition coefficient (Wildman–Crippen LogP) is 2.44. The van der Waals surface area contributed by atoms with E-state index in [0.29, 0.717) is 50.8 Å². The molecule has 0 bridgehead atoms. The first kappa shape index (κ1) is 17.4. The standard InChI is InChI=1S/C16H22ClN3O3/c1-2-23-16(22)20-11-9-19(10-12-20)15(21)7-8-18-14-5-3-13(17)4-6-14/h3-6,18H,2,7-12H2,1H3. The minimum absolute atomic E-state index is 0.0926. The van der Waals surface area contributed by atoms with Crippen molar-refractivity contribution in [3.63, 3.8) is 0 Å². The van der Waals surface area contributed by atoms with Crippen LogP contribution in [-0.4, -0.2) is 61.1 Å². The van der Waals surface area contributed by atoms with E-state index in [0.717, 1.165) is 5.69 Å². The maximum Gasteiger partial charge on any atom is 0.409 e. The van der Waals surface area contributed by atoms with Crippen LogP contribution in [0.2, 0.25) is 5.02 Å². The summed E-state index contributed by atoms with van der Waals surface area (Å²) in [7, 11) is 0. The van der Waals surface area contributed by atoms with Crippen LogP contribution in [0.25, 0.3) is 0 Å². The van der Waals surface area contributed by atoms with E-state index in [2.05, 4.69) is 5.32 Å². The summed E-state index contributed by atoms with van der Waals surface area (Å²) in [6.07, 6.45) is 0.117. The molecule has 0 atom stereocenters. The molecule has 2 amide bonds. The zero-order valence-corrected chi connectivity index (χ0v) is 14.0. The van der Waals surface area contributed by atoms with Gasteiger partial charge >= 0.3 is 6.09 Å². The lowest BCUT2D eigenvalue weighted by Crippen LogP contribution is -2.50. The second-order valence-corrected chi connectivity index (χ2v) is 5.69. The maximum atomic E-state index is 12.2. The number of hydrogen-bond acceptors (Lipinski definition) is 4. The Kier molecular flexibility index (Phi) is 6.52. The van der Waals surface area contributed by atoms with Crippen molar-refractivity contribution < 1.29 is 14.3 Å². The lowest BCUT2D eigenvalue weighted by molar-refractivity contribution is -0.132. The van der Waals surface area contributed by atoms with Crippen molar-refractivity contribution >= 4 is 29.3 Å². The number of rotatable bonds is 5. The molecule has 2 rings (SSSR count). The summed E-state index contributed by atoms with van der Waals surface area (Å²) in [6, 6.07) is 7.37. The van der Waals surface area contributed by atoms with E-state index >= 15 is 0 Å². The summed E-state index contributed by atoms with van der Waals surface area (Å²) >= 11 is 5.83. The molecule has 1 saturated heterocycles. The van der Waals surface area contributed by atoms with Gasteiger partial charge in [0.2, 0.25) is 5.91 Å². The van der Waals surface area contributed by atoms with Gasteiger partial charge in [0.1, 0.15) is 0 Å². The Morgan fingerprint density at radius 3 is 2.35 bits per heavy atom. The molecule has 7 heteroatoms. The molecule has 0 aliphatic carbocycles. The summed E-state index contributed by atoms with van der Waals surface area (Å²) in [5, 5.41) is 3.88. The van der Waals surface area contributed by atoms with E-state index in [1.807, 2.05) is 12.1 Å². The summed E-state index contributed by atoms with van der Waals surface area (Å²) in [5.74, 6) is 0.0926. The molecule has 1 aromatic carbocycles. The molecule has 0 spiro atoms. The zero-order chi connectivity index (χ0) is 16.7. The second kappa shape index (κ2) is 8.62. The predicted molar refractivity (Wildman–Crippen MR) is 89.7 cm³/mol. The van der Waals surface area contributed by atoms with Crippen molar-refractivity contribution in [3.8, 4) is 0 Å². The molecule has 0 radical (unpaired) electrons. The van der Waals surface area contributed by atoms with Crippen LogP contribution < -0.4 is 5.32 Å². The van der Waals surface area contributed by atoms with Crippen LogP contribution in [-0.2, 0) is 9.53 Å². The Bertz CT molecular complexity index is 528. The van der Waals surface area contributed by atoms with Crippen LogP contribution in [0.15, 0.2) is 24.3 Å². The van der Waals surface area contributed by atoms with E-state index in [4.69, 9.17) is 16.3 Å². The molecule has 0 unspecified atom stereocenters. The van der Waals surface area contributed by atoms with Crippen molar-refractivity contribution in [3.05, 3.63) is 29.3 Å². The van der Waals surface area contributed by atoms with Crippen LogP contribution in [0.5, 0.6) is 0 Å². The van der Waals surface area contributed by atoms with Gasteiger partial charge in [-0.05, 0) is 31.2 Å². The van der Waals surface area contributed by atoms with Gasteiger partial charge in [0, 0.05) is 49.9 Å². The van der Waals surface area contributed by atoms with E-state index in [1.165, 1.54) is 0 Å². The van der Waals surface area contributed by atoms with Crippen molar-refractivity contribution in [2.24, 2.45) is 0 Å². The highest BCUT2D eigenvalue weighted by Gasteiger charge is 2.24. The molecule has 1 heterocycles. The quantitative estimate of drug-likeness (QED) is 0.895. The third-order valence-electron chi connectivity index (χ3n) is 3.67. The van der Waals surface area contributed by atoms with Crippen LogP contribution >= 0.6 is 11.6 Å². The minimum atomic E-state index is -0.302. The molecule has 1 aliphatic heterocycles. The first-order chi connectivity index (χ1) is 11.1. The molecule has 1 fully saturated rings. The Morgan fingerprint density at radius 1 is 1.13 bits per heavy atom. The van der Waals surface area contributed by atoms with Crippen molar-refractivity contribution in [1.29, 1.82) is 0 Å². The number of ether oxygens (including phenoxy) is 1. The van der Waals surface area contributed by atoms with Gasteiger partial charge in [0.05, 0.1) is 6.61 Å². The highest BCUT2D eigenvalue weighted by atomic mass is 35.5. The van der Waals surface area contributed by atoms with Gasteiger partial charge in [-0.15, -0.1) is 0 Å². The van der Waals surface area contributed by atoms with E-state index in [1.54, 1.807) is 28.9 Å². The monoisotopic (exact) mass is 339 g/mol. The number of hydrogen-bond donors (Lipinski definition) is 1.